The van der Waals surface area contributed by atoms with Crippen LogP contribution in [0.15, 0.2) is 47.0 Å². The number of hydrogen-bond donors (Lipinski definition) is 0. The van der Waals surface area contributed by atoms with E-state index >= 15 is 0 Å². The lowest BCUT2D eigenvalue weighted by molar-refractivity contribution is 0.0916. The number of amides is 1. The SMILES string of the molecule is CCOc1ccc2nc(N(CC3CCCO3)C(=O)c3c(-c4ccccc4Cl)noc3C)sc2c1. The maximum Gasteiger partial charge on any atom is 0.266 e. The van der Waals surface area contributed by atoms with Crippen molar-refractivity contribution in [1.29, 1.82) is 0 Å². The summed E-state index contributed by atoms with van der Waals surface area (Å²) in [5.74, 6) is 0.961. The summed E-state index contributed by atoms with van der Waals surface area (Å²) in [6.45, 7) is 5.35. The summed E-state index contributed by atoms with van der Waals surface area (Å²) >= 11 is 7.87. The highest BCUT2D eigenvalue weighted by Crippen LogP contribution is 2.36. The summed E-state index contributed by atoms with van der Waals surface area (Å²) in [6, 6.07) is 13.0. The average molecular weight is 498 g/mol. The molecule has 1 amide bonds. The number of aromatic nitrogens is 2. The lowest BCUT2D eigenvalue weighted by Crippen LogP contribution is -2.37. The van der Waals surface area contributed by atoms with E-state index in [4.69, 9.17) is 30.6 Å². The Bertz CT molecular complexity index is 1330. The van der Waals surface area contributed by atoms with E-state index in [1.807, 2.05) is 43.3 Å². The fourth-order valence-corrected chi connectivity index (χ4v) is 5.33. The molecule has 2 aromatic heterocycles. The number of carbonyl (C=O) groups excluding carboxylic acids is 1. The molecule has 1 aliphatic rings. The Morgan fingerprint density at radius 2 is 2.15 bits per heavy atom. The third-order valence-corrected chi connectivity index (χ3v) is 7.12. The molecule has 176 valence electrons. The van der Waals surface area contributed by atoms with Crippen molar-refractivity contribution in [3.63, 3.8) is 0 Å². The molecule has 3 heterocycles. The van der Waals surface area contributed by atoms with Gasteiger partial charge in [0.2, 0.25) is 0 Å². The van der Waals surface area contributed by atoms with Gasteiger partial charge in [-0.25, -0.2) is 4.98 Å². The van der Waals surface area contributed by atoms with Crippen LogP contribution in [0.25, 0.3) is 21.5 Å². The first kappa shape index (κ1) is 22.8. The van der Waals surface area contributed by atoms with Crippen LogP contribution in [0.2, 0.25) is 5.02 Å². The fraction of sp³-hybridized carbons (Fsp3) is 0.320. The Morgan fingerprint density at radius 3 is 2.91 bits per heavy atom. The van der Waals surface area contributed by atoms with Gasteiger partial charge >= 0.3 is 0 Å². The molecular formula is C25H24ClN3O4S. The Labute approximate surface area is 206 Å². The Morgan fingerprint density at radius 1 is 1.29 bits per heavy atom. The largest absolute Gasteiger partial charge is 0.494 e. The van der Waals surface area contributed by atoms with E-state index < -0.39 is 0 Å². The van der Waals surface area contributed by atoms with E-state index in [1.165, 1.54) is 11.3 Å². The maximum absolute atomic E-state index is 14.0. The van der Waals surface area contributed by atoms with Gasteiger partial charge in [-0.05, 0) is 51.0 Å². The van der Waals surface area contributed by atoms with Gasteiger partial charge in [0.05, 0.1) is 34.5 Å². The van der Waals surface area contributed by atoms with E-state index in [1.54, 1.807) is 17.9 Å². The van der Waals surface area contributed by atoms with Crippen LogP contribution in [0, 0.1) is 6.92 Å². The number of halogens is 1. The summed E-state index contributed by atoms with van der Waals surface area (Å²) in [5, 5.41) is 5.27. The monoisotopic (exact) mass is 497 g/mol. The first-order valence-corrected chi connectivity index (χ1v) is 12.4. The maximum atomic E-state index is 14.0. The van der Waals surface area contributed by atoms with Gasteiger partial charge in [0.15, 0.2) is 5.13 Å². The van der Waals surface area contributed by atoms with Gasteiger partial charge in [-0.1, -0.05) is 46.3 Å². The number of benzene rings is 2. The van der Waals surface area contributed by atoms with Crippen LogP contribution in [-0.2, 0) is 4.74 Å². The molecule has 1 fully saturated rings. The van der Waals surface area contributed by atoms with Crippen LogP contribution >= 0.6 is 22.9 Å². The van der Waals surface area contributed by atoms with Crippen LogP contribution in [0.5, 0.6) is 5.75 Å². The number of ether oxygens (including phenoxy) is 2. The van der Waals surface area contributed by atoms with Crippen LogP contribution in [-0.4, -0.2) is 41.9 Å². The number of nitrogens with zero attached hydrogens (tertiary/aromatic N) is 3. The van der Waals surface area contributed by atoms with Crippen LogP contribution in [0.4, 0.5) is 5.13 Å². The van der Waals surface area contributed by atoms with Crippen molar-refractivity contribution in [1.82, 2.24) is 10.1 Å². The molecule has 7 nitrogen and oxygen atoms in total. The smallest absolute Gasteiger partial charge is 0.266 e. The summed E-state index contributed by atoms with van der Waals surface area (Å²) < 4.78 is 17.9. The second-order valence-corrected chi connectivity index (χ2v) is 9.47. The Hall–Kier alpha value is -2.94. The summed E-state index contributed by atoms with van der Waals surface area (Å²) in [7, 11) is 0. The predicted octanol–water partition coefficient (Wildman–Crippen LogP) is 6.14. The zero-order valence-electron chi connectivity index (χ0n) is 18.9. The highest BCUT2D eigenvalue weighted by molar-refractivity contribution is 7.22. The molecule has 0 aliphatic carbocycles. The van der Waals surface area contributed by atoms with E-state index in [0.717, 1.165) is 28.8 Å². The second-order valence-electron chi connectivity index (χ2n) is 8.05. The first-order valence-electron chi connectivity index (χ1n) is 11.2. The normalized spacial score (nSPS) is 15.7. The molecule has 1 atom stereocenters. The molecule has 0 N–H and O–H groups in total. The molecule has 0 radical (unpaired) electrons. The highest BCUT2D eigenvalue weighted by atomic mass is 35.5. The van der Waals surface area contributed by atoms with Gasteiger partial charge in [-0.2, -0.15) is 0 Å². The number of thiazole rings is 1. The first-order chi connectivity index (χ1) is 16.5. The van der Waals surface area contributed by atoms with Crippen molar-refractivity contribution in [2.75, 3.05) is 24.7 Å². The fourth-order valence-electron chi connectivity index (χ4n) is 4.10. The number of aryl methyl sites for hydroxylation is 1. The van der Waals surface area contributed by atoms with Crippen molar-refractivity contribution < 1.29 is 18.8 Å². The lowest BCUT2D eigenvalue weighted by atomic mass is 10.0. The van der Waals surface area contributed by atoms with Crippen molar-refractivity contribution in [3.05, 3.63) is 58.8 Å². The molecule has 9 heteroatoms. The molecule has 1 unspecified atom stereocenters. The third kappa shape index (κ3) is 4.41. The van der Waals surface area contributed by atoms with Crippen LogP contribution in [0.3, 0.4) is 0 Å². The molecule has 1 saturated heterocycles. The second kappa shape index (κ2) is 9.74. The quantitative estimate of drug-likeness (QED) is 0.305. The van der Waals surface area contributed by atoms with E-state index in [9.17, 15) is 4.79 Å². The van der Waals surface area contributed by atoms with Crippen molar-refractivity contribution in [2.45, 2.75) is 32.8 Å². The minimum Gasteiger partial charge on any atom is -0.494 e. The van der Waals surface area contributed by atoms with E-state index in [-0.39, 0.29) is 12.0 Å². The third-order valence-electron chi connectivity index (χ3n) is 5.75. The molecule has 5 rings (SSSR count). The lowest BCUT2D eigenvalue weighted by Gasteiger charge is -2.23. The molecule has 2 aromatic carbocycles. The van der Waals surface area contributed by atoms with Crippen LogP contribution in [0.1, 0.15) is 35.9 Å². The topological polar surface area (TPSA) is 77.7 Å². The summed E-state index contributed by atoms with van der Waals surface area (Å²) in [6.07, 6.45) is 1.81. The number of carbonyl (C=O) groups is 1. The van der Waals surface area contributed by atoms with E-state index in [2.05, 4.69) is 5.16 Å². The van der Waals surface area contributed by atoms with Gasteiger partial charge in [0.1, 0.15) is 22.8 Å². The van der Waals surface area contributed by atoms with E-state index in [0.29, 0.717) is 52.5 Å². The van der Waals surface area contributed by atoms with Gasteiger partial charge < -0.3 is 14.0 Å². The highest BCUT2D eigenvalue weighted by Gasteiger charge is 2.32. The van der Waals surface area contributed by atoms with Gasteiger partial charge in [-0.15, -0.1) is 0 Å². The van der Waals surface area contributed by atoms with Crippen molar-refractivity contribution in [3.8, 4) is 17.0 Å². The van der Waals surface area contributed by atoms with Crippen LogP contribution < -0.4 is 9.64 Å². The number of anilines is 1. The minimum atomic E-state index is -0.242. The zero-order chi connectivity index (χ0) is 23.7. The van der Waals surface area contributed by atoms with Gasteiger partial charge in [-0.3, -0.25) is 9.69 Å². The molecule has 0 bridgehead atoms. The predicted molar refractivity (Wildman–Crippen MR) is 133 cm³/mol. The minimum absolute atomic E-state index is 0.0566. The molecule has 34 heavy (non-hydrogen) atoms. The number of hydrogen-bond acceptors (Lipinski definition) is 7. The van der Waals surface area contributed by atoms with Gasteiger partial charge in [0, 0.05) is 12.2 Å². The average Bonchev–Trinajstić information content (AvgIpc) is 3.57. The number of fused-ring (bicyclic) bond motifs is 1. The van der Waals surface area contributed by atoms with Crippen molar-refractivity contribution >= 4 is 44.2 Å². The molecule has 1 aliphatic heterocycles. The molecule has 0 spiro atoms. The Balaban J connectivity index is 1.57. The standard InChI is InChI=1S/C25H24ClN3O4S/c1-3-31-16-10-11-20-21(13-16)34-25(27-20)29(14-17-7-6-12-32-17)24(30)22-15(2)33-28-23(22)18-8-4-5-9-19(18)26/h4-5,8-11,13,17H,3,6-7,12,14H2,1-2H3. The number of rotatable bonds is 7. The Kier molecular flexibility index (Phi) is 6.54. The van der Waals surface area contributed by atoms with Gasteiger partial charge in [0.25, 0.3) is 5.91 Å². The van der Waals surface area contributed by atoms with Crippen molar-refractivity contribution in [2.24, 2.45) is 0 Å². The summed E-state index contributed by atoms with van der Waals surface area (Å²) in [5.41, 5.74) is 2.25. The molecule has 0 saturated carbocycles. The summed E-state index contributed by atoms with van der Waals surface area (Å²) in [4.78, 5) is 20.5. The molecular weight excluding hydrogens is 474 g/mol. The zero-order valence-corrected chi connectivity index (χ0v) is 20.5. The molecule has 4 aromatic rings.